The first-order valence-corrected chi connectivity index (χ1v) is 6.05. The van der Waals surface area contributed by atoms with Gasteiger partial charge in [0.15, 0.2) is 6.04 Å². The molecule has 0 saturated carbocycles. The molecule has 0 radical (unpaired) electrons. The number of hydrogen-bond donors (Lipinski definition) is 0. The average molecular weight is 292 g/mol. The molecule has 2 rings (SSSR count). The van der Waals surface area contributed by atoms with Gasteiger partial charge in [-0.2, -0.15) is 5.26 Å². The Labute approximate surface area is 119 Å². The first-order valence-electron chi connectivity index (χ1n) is 6.05. The predicted octanol–water partition coefficient (Wildman–Crippen LogP) is 0.240. The summed E-state index contributed by atoms with van der Waals surface area (Å²) in [6, 6.07) is 2.26. The normalized spacial score (nSPS) is 17.9. The van der Waals surface area contributed by atoms with E-state index < -0.39 is 16.9 Å². The van der Waals surface area contributed by atoms with Crippen LogP contribution in [0.25, 0.3) is 0 Å². The molecule has 1 fully saturated rings. The Hall–Kier alpha value is -2.73. The van der Waals surface area contributed by atoms with Gasteiger partial charge in [-0.25, -0.2) is 9.78 Å². The number of morpholine rings is 1. The molecular weight excluding hydrogens is 280 g/mol. The van der Waals surface area contributed by atoms with E-state index in [2.05, 4.69) is 4.98 Å². The molecule has 1 aromatic heterocycles. The highest BCUT2D eigenvalue weighted by atomic mass is 16.6. The van der Waals surface area contributed by atoms with Crippen LogP contribution in [0.4, 0.5) is 11.5 Å². The van der Waals surface area contributed by atoms with Crippen molar-refractivity contribution in [3.63, 3.8) is 0 Å². The van der Waals surface area contributed by atoms with Gasteiger partial charge < -0.3 is 14.4 Å². The summed E-state index contributed by atoms with van der Waals surface area (Å²) in [6.07, 6.45) is 1.06. The molecule has 1 unspecified atom stereocenters. The number of methoxy groups -OCH3 is 1. The van der Waals surface area contributed by atoms with Crippen LogP contribution in [0.5, 0.6) is 0 Å². The second kappa shape index (κ2) is 6.15. The molecule has 0 amide bonds. The third-order valence-electron chi connectivity index (χ3n) is 3.06. The molecule has 1 aliphatic heterocycles. The Morgan fingerprint density at radius 1 is 1.71 bits per heavy atom. The minimum absolute atomic E-state index is 0.0278. The van der Waals surface area contributed by atoms with Gasteiger partial charge >= 0.3 is 5.97 Å². The number of nitriles is 1. The van der Waals surface area contributed by atoms with Crippen molar-refractivity contribution in [2.75, 3.05) is 31.8 Å². The molecule has 1 aromatic rings. The third-order valence-corrected chi connectivity index (χ3v) is 3.06. The summed E-state index contributed by atoms with van der Waals surface area (Å²) in [4.78, 5) is 27.4. The number of esters is 1. The Morgan fingerprint density at radius 2 is 2.48 bits per heavy atom. The molecule has 2 heterocycles. The summed E-state index contributed by atoms with van der Waals surface area (Å²) in [6.45, 7) is 0.798. The molecule has 9 nitrogen and oxygen atoms in total. The van der Waals surface area contributed by atoms with E-state index in [0.717, 1.165) is 12.3 Å². The van der Waals surface area contributed by atoms with Crippen LogP contribution < -0.4 is 4.90 Å². The fraction of sp³-hybridized carbons (Fsp3) is 0.417. The lowest BCUT2D eigenvalue weighted by Gasteiger charge is -2.34. The maximum absolute atomic E-state index is 11.8. The van der Waals surface area contributed by atoms with Gasteiger partial charge in [-0.1, -0.05) is 0 Å². The molecular formula is C12H12N4O5. The van der Waals surface area contributed by atoms with Crippen LogP contribution in [-0.2, 0) is 14.3 Å². The molecule has 1 aliphatic rings. The lowest BCUT2D eigenvalue weighted by Crippen LogP contribution is -2.51. The highest BCUT2D eigenvalue weighted by Crippen LogP contribution is 2.25. The molecule has 0 bridgehead atoms. The number of aromatic nitrogens is 1. The molecule has 0 aromatic carbocycles. The van der Waals surface area contributed by atoms with E-state index in [1.807, 2.05) is 6.07 Å². The molecule has 0 aliphatic carbocycles. The molecule has 110 valence electrons. The van der Waals surface area contributed by atoms with Crippen molar-refractivity contribution in [1.82, 2.24) is 4.98 Å². The summed E-state index contributed by atoms with van der Waals surface area (Å²) in [5.41, 5.74) is -0.252. The van der Waals surface area contributed by atoms with Crippen molar-refractivity contribution in [3.8, 4) is 6.07 Å². The summed E-state index contributed by atoms with van der Waals surface area (Å²) < 4.78 is 9.93. The van der Waals surface area contributed by atoms with Gasteiger partial charge in [-0.05, 0) is 0 Å². The van der Waals surface area contributed by atoms with E-state index in [1.54, 1.807) is 4.90 Å². The quantitative estimate of drug-likeness (QED) is 0.441. The number of rotatable bonds is 3. The number of hydrogen-bond acceptors (Lipinski definition) is 8. The van der Waals surface area contributed by atoms with Crippen LogP contribution in [-0.4, -0.2) is 48.8 Å². The van der Waals surface area contributed by atoms with Gasteiger partial charge in [0.1, 0.15) is 23.6 Å². The van der Waals surface area contributed by atoms with E-state index in [9.17, 15) is 14.9 Å². The van der Waals surface area contributed by atoms with Crippen LogP contribution in [0, 0.1) is 21.4 Å². The first kappa shape index (κ1) is 14.7. The lowest BCUT2D eigenvalue weighted by molar-refractivity contribution is -0.385. The summed E-state index contributed by atoms with van der Waals surface area (Å²) in [5, 5.41) is 19.9. The maximum atomic E-state index is 11.8. The van der Waals surface area contributed by atoms with E-state index in [4.69, 9.17) is 14.7 Å². The van der Waals surface area contributed by atoms with Crippen molar-refractivity contribution < 1.29 is 19.2 Å². The Morgan fingerprint density at radius 3 is 3.10 bits per heavy atom. The van der Waals surface area contributed by atoms with Crippen molar-refractivity contribution in [1.29, 1.82) is 5.26 Å². The van der Waals surface area contributed by atoms with Crippen molar-refractivity contribution in [2.24, 2.45) is 0 Å². The van der Waals surface area contributed by atoms with Gasteiger partial charge in [-0.15, -0.1) is 0 Å². The van der Waals surface area contributed by atoms with Gasteiger partial charge in [0.2, 0.25) is 0 Å². The van der Waals surface area contributed by atoms with E-state index in [0.29, 0.717) is 13.2 Å². The first-order chi connectivity index (χ1) is 10.1. The minimum atomic E-state index is -0.732. The maximum Gasteiger partial charge on any atom is 0.330 e. The monoisotopic (exact) mass is 292 g/mol. The number of pyridine rings is 1. The fourth-order valence-electron chi connectivity index (χ4n) is 2.05. The van der Waals surface area contributed by atoms with E-state index in [1.165, 1.54) is 7.11 Å². The molecule has 0 spiro atoms. The van der Waals surface area contributed by atoms with Crippen molar-refractivity contribution >= 4 is 17.5 Å². The largest absolute Gasteiger partial charge is 0.467 e. The summed E-state index contributed by atoms with van der Waals surface area (Å²) >= 11 is 0. The minimum Gasteiger partial charge on any atom is -0.467 e. The summed E-state index contributed by atoms with van der Waals surface area (Å²) in [5.74, 6) is -0.305. The number of carbonyl (C=O) groups excluding carboxylic acids is 1. The second-order valence-electron chi connectivity index (χ2n) is 4.24. The second-order valence-corrected chi connectivity index (χ2v) is 4.24. The molecule has 21 heavy (non-hydrogen) atoms. The zero-order chi connectivity index (χ0) is 15.4. The molecule has 1 atom stereocenters. The Balaban J connectivity index is 2.41. The third kappa shape index (κ3) is 2.90. The Kier molecular flexibility index (Phi) is 4.30. The molecule has 0 N–H and O–H groups in total. The van der Waals surface area contributed by atoms with Gasteiger partial charge in [0, 0.05) is 12.6 Å². The SMILES string of the molecule is COC(=O)C1COCCN1c1ncc([N+](=O)[O-])cc1C#N. The van der Waals surface area contributed by atoms with Crippen molar-refractivity contribution in [3.05, 3.63) is 27.9 Å². The number of nitrogens with zero attached hydrogens (tertiary/aromatic N) is 4. The zero-order valence-electron chi connectivity index (χ0n) is 11.2. The highest BCUT2D eigenvalue weighted by Gasteiger charge is 2.33. The van der Waals surface area contributed by atoms with Crippen LogP contribution in [0.2, 0.25) is 0 Å². The van der Waals surface area contributed by atoms with Crippen LogP contribution in [0.3, 0.4) is 0 Å². The fourth-order valence-corrected chi connectivity index (χ4v) is 2.05. The number of ether oxygens (including phenoxy) is 2. The van der Waals surface area contributed by atoms with Gasteiger partial charge in [0.05, 0.1) is 25.2 Å². The summed E-state index contributed by atoms with van der Waals surface area (Å²) in [7, 11) is 1.25. The zero-order valence-corrected chi connectivity index (χ0v) is 11.2. The van der Waals surface area contributed by atoms with Gasteiger partial charge in [-0.3, -0.25) is 10.1 Å². The molecule has 9 heteroatoms. The number of carbonyl (C=O) groups is 1. The standard InChI is InChI=1S/C12H12N4O5/c1-20-12(17)10-7-21-3-2-15(10)11-8(5-13)4-9(6-14-11)16(18)19/h4,6,10H,2-3,7H2,1H3. The van der Waals surface area contributed by atoms with Gasteiger partial charge in [0.25, 0.3) is 5.69 Å². The Bertz CT molecular complexity index is 612. The van der Waals surface area contributed by atoms with E-state index >= 15 is 0 Å². The van der Waals surface area contributed by atoms with E-state index in [-0.39, 0.29) is 23.7 Å². The molecule has 1 saturated heterocycles. The lowest BCUT2D eigenvalue weighted by atomic mass is 10.1. The van der Waals surface area contributed by atoms with Crippen LogP contribution in [0.15, 0.2) is 12.3 Å². The average Bonchev–Trinajstić information content (AvgIpc) is 2.53. The van der Waals surface area contributed by atoms with Crippen molar-refractivity contribution in [2.45, 2.75) is 6.04 Å². The van der Waals surface area contributed by atoms with Crippen LogP contribution >= 0.6 is 0 Å². The number of nitro groups is 1. The number of anilines is 1. The topological polar surface area (TPSA) is 119 Å². The highest BCUT2D eigenvalue weighted by molar-refractivity contribution is 5.80. The predicted molar refractivity (Wildman–Crippen MR) is 69.6 cm³/mol. The smallest absolute Gasteiger partial charge is 0.330 e. The van der Waals surface area contributed by atoms with Crippen LogP contribution in [0.1, 0.15) is 5.56 Å².